The summed E-state index contributed by atoms with van der Waals surface area (Å²) in [6, 6.07) is 7.85. The van der Waals surface area contributed by atoms with E-state index in [1.165, 1.54) is 41.6 Å². The van der Waals surface area contributed by atoms with E-state index >= 15 is 0 Å². The molecule has 0 saturated carbocycles. The summed E-state index contributed by atoms with van der Waals surface area (Å²) in [5, 5.41) is 10.7. The van der Waals surface area contributed by atoms with Crippen LogP contribution in [0.25, 0.3) is 5.76 Å². The van der Waals surface area contributed by atoms with Crippen molar-refractivity contribution in [3.63, 3.8) is 0 Å². The van der Waals surface area contributed by atoms with Crippen molar-refractivity contribution in [1.82, 2.24) is 9.88 Å². The molecule has 0 bridgehead atoms. The third-order valence-electron chi connectivity index (χ3n) is 4.43. The van der Waals surface area contributed by atoms with Gasteiger partial charge in [-0.2, -0.15) is 0 Å². The quantitative estimate of drug-likeness (QED) is 0.366. The number of methoxy groups -OCH3 is 1. The maximum absolute atomic E-state index is 13.4. The topological polar surface area (TPSA) is 79.7 Å². The van der Waals surface area contributed by atoms with Gasteiger partial charge in [-0.1, -0.05) is 12.1 Å². The Labute approximate surface area is 155 Å². The monoisotopic (exact) mass is 370 g/mol. The third kappa shape index (κ3) is 3.73. The summed E-state index contributed by atoms with van der Waals surface area (Å²) in [6.45, 7) is 0.692. The number of benzene rings is 1. The van der Waals surface area contributed by atoms with Crippen molar-refractivity contribution < 1.29 is 23.8 Å². The SMILES string of the molecule is COCCCN1C(=O)C(=O)/C(=C(\O)c2ccncc2)C1c1ccc(F)cc1. The largest absolute Gasteiger partial charge is 0.507 e. The summed E-state index contributed by atoms with van der Waals surface area (Å²) >= 11 is 0. The lowest BCUT2D eigenvalue weighted by Crippen LogP contribution is -2.31. The number of hydrogen-bond acceptors (Lipinski definition) is 5. The second-order valence-corrected chi connectivity index (χ2v) is 6.13. The normalized spacial score (nSPS) is 18.9. The van der Waals surface area contributed by atoms with Crippen LogP contribution in [0.2, 0.25) is 0 Å². The van der Waals surface area contributed by atoms with Gasteiger partial charge in [0.05, 0.1) is 11.6 Å². The molecule has 140 valence electrons. The number of Topliss-reactive ketones (excluding diaryl/α,β-unsaturated/α-hetero) is 1. The first kappa shape index (κ1) is 18.7. The first-order chi connectivity index (χ1) is 13.0. The van der Waals surface area contributed by atoms with E-state index in [1.807, 2.05) is 0 Å². The van der Waals surface area contributed by atoms with Crippen LogP contribution in [0.15, 0.2) is 54.4 Å². The number of nitrogens with zero attached hydrogens (tertiary/aromatic N) is 2. The number of carbonyl (C=O) groups is 2. The summed E-state index contributed by atoms with van der Waals surface area (Å²) in [6.07, 6.45) is 3.49. The van der Waals surface area contributed by atoms with Crippen LogP contribution in [-0.4, -0.2) is 46.9 Å². The maximum Gasteiger partial charge on any atom is 0.295 e. The van der Waals surface area contributed by atoms with Crippen molar-refractivity contribution in [3.05, 3.63) is 71.3 Å². The van der Waals surface area contributed by atoms with Gasteiger partial charge in [0.25, 0.3) is 11.7 Å². The molecule has 2 aromatic rings. The van der Waals surface area contributed by atoms with Crippen molar-refractivity contribution in [2.45, 2.75) is 12.5 Å². The zero-order valence-corrected chi connectivity index (χ0v) is 14.8. The lowest BCUT2D eigenvalue weighted by molar-refractivity contribution is -0.140. The van der Waals surface area contributed by atoms with Crippen LogP contribution in [0, 0.1) is 5.82 Å². The smallest absolute Gasteiger partial charge is 0.295 e. The molecule has 1 N–H and O–H groups in total. The Hall–Kier alpha value is -3.06. The number of carbonyl (C=O) groups excluding carboxylic acids is 2. The van der Waals surface area contributed by atoms with Crippen LogP contribution >= 0.6 is 0 Å². The number of ketones is 1. The standard InChI is InChI=1S/C20H19FN2O4/c1-27-12-2-11-23-17(13-3-5-15(21)6-4-13)16(19(25)20(23)26)18(24)14-7-9-22-10-8-14/h3-10,17,24H,2,11-12H2,1H3/b18-16-. The molecule has 1 amide bonds. The van der Waals surface area contributed by atoms with Crippen LogP contribution < -0.4 is 0 Å². The van der Waals surface area contributed by atoms with Gasteiger partial charge < -0.3 is 14.7 Å². The van der Waals surface area contributed by atoms with Crippen molar-refractivity contribution in [3.8, 4) is 0 Å². The van der Waals surface area contributed by atoms with E-state index in [1.54, 1.807) is 19.2 Å². The Morgan fingerprint density at radius 3 is 2.48 bits per heavy atom. The molecule has 1 aromatic carbocycles. The van der Waals surface area contributed by atoms with E-state index in [-0.39, 0.29) is 17.9 Å². The minimum Gasteiger partial charge on any atom is -0.507 e. The van der Waals surface area contributed by atoms with Crippen molar-refractivity contribution >= 4 is 17.4 Å². The average molecular weight is 370 g/mol. The van der Waals surface area contributed by atoms with Crippen LogP contribution in [0.3, 0.4) is 0 Å². The zero-order chi connectivity index (χ0) is 19.4. The molecule has 1 aromatic heterocycles. The van der Waals surface area contributed by atoms with Crippen molar-refractivity contribution in [2.24, 2.45) is 0 Å². The fraction of sp³-hybridized carbons (Fsp3) is 0.250. The van der Waals surface area contributed by atoms with Crippen LogP contribution in [-0.2, 0) is 14.3 Å². The number of aliphatic hydroxyl groups excluding tert-OH is 1. The van der Waals surface area contributed by atoms with Gasteiger partial charge in [-0.25, -0.2) is 4.39 Å². The predicted octanol–water partition coefficient (Wildman–Crippen LogP) is 2.68. The summed E-state index contributed by atoms with van der Waals surface area (Å²) < 4.78 is 18.4. The second kappa shape index (κ2) is 8.09. The Kier molecular flexibility index (Phi) is 5.61. The molecule has 27 heavy (non-hydrogen) atoms. The number of hydrogen-bond donors (Lipinski definition) is 1. The summed E-state index contributed by atoms with van der Waals surface area (Å²) in [5.74, 6) is -2.17. The van der Waals surface area contributed by atoms with Gasteiger partial charge in [0.2, 0.25) is 0 Å². The third-order valence-corrected chi connectivity index (χ3v) is 4.43. The van der Waals surface area contributed by atoms with E-state index in [2.05, 4.69) is 4.98 Å². The Bertz CT molecular complexity index is 865. The zero-order valence-electron chi connectivity index (χ0n) is 14.8. The first-order valence-corrected chi connectivity index (χ1v) is 8.47. The average Bonchev–Trinajstić information content (AvgIpc) is 2.94. The van der Waals surface area contributed by atoms with Gasteiger partial charge in [0, 0.05) is 38.2 Å². The van der Waals surface area contributed by atoms with Gasteiger partial charge in [-0.15, -0.1) is 0 Å². The molecular weight excluding hydrogens is 351 g/mol. The predicted molar refractivity (Wildman–Crippen MR) is 96.1 cm³/mol. The van der Waals surface area contributed by atoms with E-state index in [4.69, 9.17) is 4.74 Å². The Balaban J connectivity index is 2.10. The molecule has 1 atom stereocenters. The highest BCUT2D eigenvalue weighted by Gasteiger charge is 2.45. The Morgan fingerprint density at radius 2 is 1.85 bits per heavy atom. The fourth-order valence-electron chi connectivity index (χ4n) is 3.15. The molecule has 1 aliphatic heterocycles. The molecule has 7 heteroatoms. The number of halogens is 1. The number of pyridine rings is 1. The number of likely N-dealkylation sites (tertiary alicyclic amines) is 1. The lowest BCUT2D eigenvalue weighted by Gasteiger charge is -2.25. The van der Waals surface area contributed by atoms with Gasteiger partial charge in [-0.05, 0) is 36.2 Å². The number of rotatable bonds is 6. The second-order valence-electron chi connectivity index (χ2n) is 6.13. The molecule has 1 fully saturated rings. The van der Waals surface area contributed by atoms with Crippen molar-refractivity contribution in [1.29, 1.82) is 0 Å². The molecule has 1 aliphatic rings. The number of aromatic nitrogens is 1. The summed E-state index contributed by atoms with van der Waals surface area (Å²) in [7, 11) is 1.55. The maximum atomic E-state index is 13.4. The van der Waals surface area contributed by atoms with Gasteiger partial charge in [0.15, 0.2) is 0 Å². The van der Waals surface area contributed by atoms with Gasteiger partial charge in [-0.3, -0.25) is 14.6 Å². The van der Waals surface area contributed by atoms with Crippen LogP contribution in [0.4, 0.5) is 4.39 Å². The van der Waals surface area contributed by atoms with E-state index < -0.39 is 23.5 Å². The molecule has 3 rings (SSSR count). The summed E-state index contributed by atoms with van der Waals surface area (Å²) in [4.78, 5) is 30.6. The van der Waals surface area contributed by atoms with Gasteiger partial charge in [0.1, 0.15) is 11.6 Å². The van der Waals surface area contributed by atoms with Crippen LogP contribution in [0.1, 0.15) is 23.6 Å². The molecule has 6 nitrogen and oxygen atoms in total. The molecule has 0 aliphatic carbocycles. The van der Waals surface area contributed by atoms with Crippen LogP contribution in [0.5, 0.6) is 0 Å². The van der Waals surface area contributed by atoms with E-state index in [9.17, 15) is 19.1 Å². The molecule has 2 heterocycles. The highest BCUT2D eigenvalue weighted by Crippen LogP contribution is 2.39. The molecule has 1 unspecified atom stereocenters. The van der Waals surface area contributed by atoms with E-state index in [0.29, 0.717) is 24.2 Å². The first-order valence-electron chi connectivity index (χ1n) is 8.47. The Morgan fingerprint density at radius 1 is 1.19 bits per heavy atom. The highest BCUT2D eigenvalue weighted by atomic mass is 19.1. The minimum absolute atomic E-state index is 0.0183. The van der Waals surface area contributed by atoms with Gasteiger partial charge >= 0.3 is 0 Å². The number of aliphatic hydroxyl groups is 1. The molecule has 0 spiro atoms. The summed E-state index contributed by atoms with van der Waals surface area (Å²) in [5.41, 5.74) is 0.908. The van der Waals surface area contributed by atoms with Crippen molar-refractivity contribution in [2.75, 3.05) is 20.3 Å². The molecule has 1 saturated heterocycles. The fourth-order valence-corrected chi connectivity index (χ4v) is 3.15. The van der Waals surface area contributed by atoms with E-state index in [0.717, 1.165) is 0 Å². The molecular formula is C20H19FN2O4. The molecule has 0 radical (unpaired) electrons. The number of amides is 1. The highest BCUT2D eigenvalue weighted by molar-refractivity contribution is 6.46. The number of ether oxygens (including phenoxy) is 1. The minimum atomic E-state index is -0.796. The lowest BCUT2D eigenvalue weighted by atomic mass is 9.95.